The van der Waals surface area contributed by atoms with Crippen LogP contribution in [0.25, 0.3) is 0 Å². The van der Waals surface area contributed by atoms with E-state index in [1.54, 1.807) is 0 Å². The van der Waals surface area contributed by atoms with Crippen LogP contribution in [-0.2, 0) is 4.79 Å². The fourth-order valence-corrected chi connectivity index (χ4v) is 6.28. The fourth-order valence-electron chi connectivity index (χ4n) is 6.28. The molecule has 0 saturated carbocycles. The maximum absolute atomic E-state index is 12.8. The molecule has 3 heteroatoms. The molecule has 0 rings (SSSR count). The van der Waals surface area contributed by atoms with E-state index in [1.807, 2.05) is 13.8 Å². The lowest BCUT2D eigenvalue weighted by molar-refractivity contribution is -0.125. The van der Waals surface area contributed by atoms with Crippen molar-refractivity contribution in [2.24, 2.45) is 11.7 Å². The van der Waals surface area contributed by atoms with Gasteiger partial charge in [-0.2, -0.15) is 0 Å². The summed E-state index contributed by atoms with van der Waals surface area (Å²) >= 11 is 0. The SMILES string of the molecule is C=C(CCCCCCCC/C=C\CCCCCCCC)C[C@@H](CCN)C(=O)NCCCCCCCCCCCCCCCC.CC.[HH].[HH].[HH]. The molecule has 0 aromatic heterocycles. The Balaban J connectivity index is -0.00000126. The summed E-state index contributed by atoms with van der Waals surface area (Å²) in [4.78, 5) is 12.8. The van der Waals surface area contributed by atoms with Crippen LogP contribution in [0.4, 0.5) is 0 Å². The molecular weight excluding hydrogens is 560 g/mol. The second kappa shape index (κ2) is 41.9. The average Bonchev–Trinajstić information content (AvgIpc) is 3.07. The molecule has 46 heavy (non-hydrogen) atoms. The first-order chi connectivity index (χ1) is 22.7. The smallest absolute Gasteiger partial charge is 0.223 e. The number of amides is 1. The third-order valence-corrected chi connectivity index (χ3v) is 9.29. The molecule has 0 aliphatic rings. The summed E-state index contributed by atoms with van der Waals surface area (Å²) in [7, 11) is 0. The van der Waals surface area contributed by atoms with Crippen molar-refractivity contribution < 1.29 is 9.07 Å². The van der Waals surface area contributed by atoms with Crippen molar-refractivity contribution in [3.05, 3.63) is 24.3 Å². The number of carbonyl (C=O) groups excluding carboxylic acids is 1. The van der Waals surface area contributed by atoms with E-state index in [-0.39, 0.29) is 16.1 Å². The number of unbranched alkanes of at least 4 members (excludes halogenated alkanes) is 25. The van der Waals surface area contributed by atoms with Gasteiger partial charge in [0.25, 0.3) is 0 Å². The Hall–Kier alpha value is -1.09. The molecule has 1 atom stereocenters. The quantitative estimate of drug-likeness (QED) is 0.0522. The van der Waals surface area contributed by atoms with E-state index in [0.717, 1.165) is 32.2 Å². The molecule has 0 spiro atoms. The highest BCUT2D eigenvalue weighted by Crippen LogP contribution is 2.20. The largest absolute Gasteiger partial charge is 0.356 e. The predicted octanol–water partition coefficient (Wildman–Crippen LogP) is 14.7. The van der Waals surface area contributed by atoms with E-state index in [9.17, 15) is 4.79 Å². The van der Waals surface area contributed by atoms with Crippen LogP contribution < -0.4 is 11.1 Å². The van der Waals surface area contributed by atoms with E-state index in [4.69, 9.17) is 5.73 Å². The highest BCUT2D eigenvalue weighted by atomic mass is 16.1. The van der Waals surface area contributed by atoms with Crippen molar-refractivity contribution in [3.63, 3.8) is 0 Å². The van der Waals surface area contributed by atoms with E-state index in [2.05, 4.69) is 37.9 Å². The highest BCUT2D eigenvalue weighted by molar-refractivity contribution is 5.78. The fraction of sp³-hybridized carbons (Fsp3) is 0.884. The van der Waals surface area contributed by atoms with E-state index >= 15 is 0 Å². The minimum absolute atomic E-state index is 0. The van der Waals surface area contributed by atoms with Gasteiger partial charge in [0.2, 0.25) is 5.91 Å². The van der Waals surface area contributed by atoms with Gasteiger partial charge in [-0.25, -0.2) is 0 Å². The van der Waals surface area contributed by atoms with Gasteiger partial charge in [0.05, 0.1) is 0 Å². The molecule has 0 unspecified atom stereocenters. The zero-order valence-corrected chi connectivity index (χ0v) is 32.3. The predicted molar refractivity (Wildman–Crippen MR) is 216 cm³/mol. The Morgan fingerprint density at radius 3 is 1.39 bits per heavy atom. The molecule has 0 heterocycles. The molecule has 3 N–H and O–H groups in total. The normalized spacial score (nSPS) is 11.8. The van der Waals surface area contributed by atoms with Gasteiger partial charge < -0.3 is 11.1 Å². The monoisotopic (exact) mass is 653 g/mol. The average molecular weight is 653 g/mol. The molecule has 280 valence electrons. The molecule has 0 aliphatic carbocycles. The molecule has 0 bridgehead atoms. The first kappa shape index (κ1) is 47.0. The van der Waals surface area contributed by atoms with E-state index < -0.39 is 0 Å². The summed E-state index contributed by atoms with van der Waals surface area (Å²) in [6.45, 7) is 14.3. The molecule has 0 aromatic carbocycles. The second-order valence-electron chi connectivity index (χ2n) is 13.8. The van der Waals surface area contributed by atoms with Crippen LogP contribution in [0.3, 0.4) is 0 Å². The topological polar surface area (TPSA) is 55.1 Å². The van der Waals surface area contributed by atoms with Crippen molar-refractivity contribution in [2.75, 3.05) is 13.1 Å². The second-order valence-corrected chi connectivity index (χ2v) is 13.8. The van der Waals surface area contributed by atoms with Crippen LogP contribution in [0, 0.1) is 5.92 Å². The summed E-state index contributed by atoms with van der Waals surface area (Å²) < 4.78 is 0. The zero-order valence-electron chi connectivity index (χ0n) is 32.3. The lowest BCUT2D eigenvalue weighted by Gasteiger charge is -2.17. The van der Waals surface area contributed by atoms with Gasteiger partial charge in [-0.3, -0.25) is 4.79 Å². The summed E-state index contributed by atoms with van der Waals surface area (Å²) in [5.41, 5.74) is 7.08. The number of carbonyl (C=O) groups is 1. The molecule has 0 aliphatic heterocycles. The van der Waals surface area contributed by atoms with Gasteiger partial charge in [-0.05, 0) is 64.3 Å². The van der Waals surface area contributed by atoms with E-state index in [1.165, 1.54) is 179 Å². The third kappa shape index (κ3) is 37.4. The van der Waals surface area contributed by atoms with Crippen molar-refractivity contribution in [1.82, 2.24) is 5.32 Å². The maximum Gasteiger partial charge on any atom is 0.223 e. The van der Waals surface area contributed by atoms with Crippen molar-refractivity contribution >= 4 is 5.91 Å². The Bertz CT molecular complexity index is 645. The Morgan fingerprint density at radius 2 is 0.978 bits per heavy atom. The number of hydrogen-bond acceptors (Lipinski definition) is 2. The number of rotatable bonds is 36. The highest BCUT2D eigenvalue weighted by Gasteiger charge is 2.18. The number of allylic oxidation sites excluding steroid dienone is 3. The van der Waals surface area contributed by atoms with Crippen molar-refractivity contribution in [1.29, 1.82) is 0 Å². The van der Waals surface area contributed by atoms with Crippen LogP contribution >= 0.6 is 0 Å². The molecular formula is C43H92N2O. The number of hydrogen-bond donors (Lipinski definition) is 2. The van der Waals surface area contributed by atoms with Crippen LogP contribution in [-0.4, -0.2) is 19.0 Å². The van der Waals surface area contributed by atoms with Crippen LogP contribution in [0.5, 0.6) is 0 Å². The molecule has 1 amide bonds. The Labute approximate surface area is 295 Å². The van der Waals surface area contributed by atoms with Gasteiger partial charge in [0.1, 0.15) is 0 Å². The van der Waals surface area contributed by atoms with Crippen molar-refractivity contribution in [3.8, 4) is 0 Å². The van der Waals surface area contributed by atoms with Crippen LogP contribution in [0.2, 0.25) is 0 Å². The first-order valence-electron chi connectivity index (χ1n) is 20.9. The lowest BCUT2D eigenvalue weighted by atomic mass is 9.93. The molecule has 0 radical (unpaired) electrons. The number of nitrogens with one attached hydrogen (secondary N) is 1. The van der Waals surface area contributed by atoms with Crippen LogP contribution in [0.15, 0.2) is 24.3 Å². The summed E-state index contributed by atoms with van der Waals surface area (Å²) in [6.07, 6.45) is 45.1. The Morgan fingerprint density at radius 1 is 0.609 bits per heavy atom. The molecule has 0 fully saturated rings. The summed E-state index contributed by atoms with van der Waals surface area (Å²) in [6, 6.07) is 0. The zero-order chi connectivity index (χ0) is 34.2. The minimum Gasteiger partial charge on any atom is -0.356 e. The Kier molecular flexibility index (Phi) is 42.9. The third-order valence-electron chi connectivity index (χ3n) is 9.29. The first-order valence-corrected chi connectivity index (χ1v) is 20.9. The van der Waals surface area contributed by atoms with Gasteiger partial charge in [-0.15, -0.1) is 0 Å². The van der Waals surface area contributed by atoms with Crippen LogP contribution in [0.1, 0.15) is 231 Å². The number of nitrogens with two attached hydrogens (primary N) is 1. The standard InChI is InChI=1S/C41H80N2O.C2H6.3H2/c1-4-6-8-10-12-14-16-18-20-21-22-24-26-28-30-32-34-39(3)38-40(35-36-42)41(44)43-37-33-31-29-27-25-23-19-17-15-13-11-9-7-5-2;1-2;;;/h18,20,40H,3-17,19,21-38,42H2,1-2H3,(H,43,44);1-2H3;3*1H/b20-18-;;;;/t40-;;;;/m1..../s1. The molecule has 3 nitrogen and oxygen atoms in total. The lowest BCUT2D eigenvalue weighted by Crippen LogP contribution is -2.33. The summed E-state index contributed by atoms with van der Waals surface area (Å²) in [5.74, 6) is 0.181. The van der Waals surface area contributed by atoms with Crippen molar-refractivity contribution in [2.45, 2.75) is 227 Å². The van der Waals surface area contributed by atoms with Gasteiger partial charge in [-0.1, -0.05) is 193 Å². The van der Waals surface area contributed by atoms with Gasteiger partial charge in [0, 0.05) is 16.7 Å². The van der Waals surface area contributed by atoms with Gasteiger partial charge >= 0.3 is 0 Å². The van der Waals surface area contributed by atoms with Gasteiger partial charge in [0.15, 0.2) is 0 Å². The maximum atomic E-state index is 12.8. The molecule has 0 saturated heterocycles. The summed E-state index contributed by atoms with van der Waals surface area (Å²) in [5, 5.41) is 3.20. The van der Waals surface area contributed by atoms with E-state index in [0.29, 0.717) is 6.54 Å². The minimum atomic E-state index is -0.00624. The molecule has 0 aromatic rings.